The number of carbonyl (C=O) groups is 1. The van der Waals surface area contributed by atoms with Crippen LogP contribution in [0.5, 0.6) is 0 Å². The molecule has 1 unspecified atom stereocenters. The van der Waals surface area contributed by atoms with Crippen LogP contribution < -0.4 is 5.32 Å². The van der Waals surface area contributed by atoms with E-state index in [2.05, 4.69) is 19.2 Å². The zero-order valence-corrected chi connectivity index (χ0v) is 13.2. The normalized spacial score (nSPS) is 12.4. The van der Waals surface area contributed by atoms with E-state index in [1.54, 1.807) is 0 Å². The maximum absolute atomic E-state index is 12.2. The Kier molecular flexibility index (Phi) is 5.53. The van der Waals surface area contributed by atoms with Crippen molar-refractivity contribution in [3.05, 3.63) is 57.8 Å². The number of thiophene rings is 1. The molecule has 21 heavy (non-hydrogen) atoms. The molecule has 2 N–H and O–H groups in total. The smallest absolute Gasteiger partial charge is 0.261 e. The van der Waals surface area contributed by atoms with E-state index in [0.717, 1.165) is 16.0 Å². The van der Waals surface area contributed by atoms with Gasteiger partial charge in [-0.2, -0.15) is 0 Å². The Morgan fingerprint density at radius 3 is 2.62 bits per heavy atom. The Labute approximate surface area is 129 Å². The van der Waals surface area contributed by atoms with Crippen LogP contribution in [0.3, 0.4) is 0 Å². The van der Waals surface area contributed by atoms with Crippen LogP contribution in [0, 0.1) is 0 Å². The largest absolute Gasteiger partial charge is 0.391 e. The zero-order chi connectivity index (χ0) is 15.2. The van der Waals surface area contributed by atoms with E-state index >= 15 is 0 Å². The lowest BCUT2D eigenvalue weighted by atomic mass is 10.0. The number of hydrogen-bond donors (Lipinski definition) is 2. The average molecular weight is 303 g/mol. The number of hydrogen-bond acceptors (Lipinski definition) is 3. The first-order chi connectivity index (χ1) is 10.1. The molecule has 1 atom stereocenters. The maximum Gasteiger partial charge on any atom is 0.261 e. The molecule has 0 spiro atoms. The van der Waals surface area contributed by atoms with E-state index in [0.29, 0.717) is 12.3 Å². The fourth-order valence-electron chi connectivity index (χ4n) is 2.21. The Hall–Kier alpha value is -1.65. The highest BCUT2D eigenvalue weighted by atomic mass is 32.1. The van der Waals surface area contributed by atoms with Gasteiger partial charge in [-0.05, 0) is 28.5 Å². The van der Waals surface area contributed by atoms with Gasteiger partial charge in [-0.3, -0.25) is 4.79 Å². The van der Waals surface area contributed by atoms with Crippen LogP contribution in [0.15, 0.2) is 41.8 Å². The molecule has 1 amide bonds. The van der Waals surface area contributed by atoms with Gasteiger partial charge in [-0.25, -0.2) is 0 Å². The molecule has 0 saturated carbocycles. The molecule has 0 fully saturated rings. The van der Waals surface area contributed by atoms with Gasteiger partial charge in [0.25, 0.3) is 5.91 Å². The van der Waals surface area contributed by atoms with Gasteiger partial charge in [0.05, 0.1) is 11.0 Å². The minimum atomic E-state index is -0.571. The molecular weight excluding hydrogens is 282 g/mol. The Balaban J connectivity index is 1.87. The monoisotopic (exact) mass is 303 g/mol. The molecule has 4 heteroatoms. The van der Waals surface area contributed by atoms with Gasteiger partial charge >= 0.3 is 0 Å². The van der Waals surface area contributed by atoms with Gasteiger partial charge in [-0.1, -0.05) is 44.2 Å². The molecule has 0 bridgehead atoms. The number of rotatable bonds is 6. The lowest BCUT2D eigenvalue weighted by Crippen LogP contribution is -2.33. The quantitative estimate of drug-likeness (QED) is 0.861. The van der Waals surface area contributed by atoms with E-state index in [4.69, 9.17) is 0 Å². The third kappa shape index (κ3) is 4.41. The second-order valence-electron chi connectivity index (χ2n) is 5.41. The molecule has 0 aliphatic rings. The SMILES string of the molecule is CC(C)c1ccsc1C(=O)NCC(O)Cc1ccccc1. The molecule has 0 saturated heterocycles. The molecule has 1 heterocycles. The van der Waals surface area contributed by atoms with E-state index in [1.165, 1.54) is 11.3 Å². The molecule has 0 aliphatic carbocycles. The summed E-state index contributed by atoms with van der Waals surface area (Å²) in [6, 6.07) is 11.8. The third-order valence-electron chi connectivity index (χ3n) is 3.34. The van der Waals surface area contributed by atoms with Crippen LogP contribution in [-0.2, 0) is 6.42 Å². The molecule has 0 radical (unpaired) electrons. The molecular formula is C17H21NO2S. The number of aliphatic hydroxyl groups is 1. The summed E-state index contributed by atoms with van der Waals surface area (Å²) in [5, 5.41) is 14.8. The van der Waals surface area contributed by atoms with Gasteiger partial charge in [0.15, 0.2) is 0 Å². The van der Waals surface area contributed by atoms with Crippen molar-refractivity contribution < 1.29 is 9.90 Å². The molecule has 2 rings (SSSR count). The predicted molar refractivity (Wildman–Crippen MR) is 86.9 cm³/mol. The van der Waals surface area contributed by atoms with Crippen molar-refractivity contribution in [3.8, 4) is 0 Å². The summed E-state index contributed by atoms with van der Waals surface area (Å²) >= 11 is 1.45. The average Bonchev–Trinajstić information content (AvgIpc) is 2.95. The van der Waals surface area contributed by atoms with Gasteiger partial charge in [-0.15, -0.1) is 11.3 Å². The molecule has 1 aromatic heterocycles. The number of amides is 1. The standard InChI is InChI=1S/C17H21NO2S/c1-12(2)15-8-9-21-16(15)17(20)18-11-14(19)10-13-6-4-3-5-7-13/h3-9,12,14,19H,10-11H2,1-2H3,(H,18,20). The van der Waals surface area contributed by atoms with Gasteiger partial charge in [0.1, 0.15) is 0 Å². The Morgan fingerprint density at radius 2 is 1.95 bits per heavy atom. The lowest BCUT2D eigenvalue weighted by molar-refractivity contribution is 0.0919. The van der Waals surface area contributed by atoms with Crippen LogP contribution >= 0.6 is 11.3 Å². The molecule has 3 nitrogen and oxygen atoms in total. The first kappa shape index (κ1) is 15.7. The fourth-order valence-corrected chi connectivity index (χ4v) is 3.18. The van der Waals surface area contributed by atoms with Crippen molar-refractivity contribution in [3.63, 3.8) is 0 Å². The minimum Gasteiger partial charge on any atom is -0.391 e. The maximum atomic E-state index is 12.2. The lowest BCUT2D eigenvalue weighted by Gasteiger charge is -2.13. The summed E-state index contributed by atoms with van der Waals surface area (Å²) < 4.78 is 0. The van der Waals surface area contributed by atoms with Crippen molar-refractivity contribution in [2.24, 2.45) is 0 Å². The zero-order valence-electron chi connectivity index (χ0n) is 12.4. The van der Waals surface area contributed by atoms with Crippen molar-refractivity contribution >= 4 is 17.2 Å². The summed E-state index contributed by atoms with van der Waals surface area (Å²) in [5.41, 5.74) is 2.13. The summed E-state index contributed by atoms with van der Waals surface area (Å²) in [4.78, 5) is 12.9. The topological polar surface area (TPSA) is 49.3 Å². The molecule has 112 valence electrons. The Bertz CT molecular complexity index is 577. The highest BCUT2D eigenvalue weighted by Gasteiger charge is 2.16. The van der Waals surface area contributed by atoms with E-state index in [9.17, 15) is 9.90 Å². The predicted octanol–water partition coefficient (Wildman–Crippen LogP) is 3.20. The van der Waals surface area contributed by atoms with E-state index in [1.807, 2.05) is 41.8 Å². The van der Waals surface area contributed by atoms with Crippen molar-refractivity contribution in [1.29, 1.82) is 0 Å². The number of carbonyl (C=O) groups excluding carboxylic acids is 1. The highest BCUT2D eigenvalue weighted by molar-refractivity contribution is 7.12. The minimum absolute atomic E-state index is 0.0965. The number of benzene rings is 1. The van der Waals surface area contributed by atoms with Crippen LogP contribution in [0.1, 0.15) is 40.6 Å². The third-order valence-corrected chi connectivity index (χ3v) is 4.27. The number of nitrogens with one attached hydrogen (secondary N) is 1. The van der Waals surface area contributed by atoms with Gasteiger partial charge < -0.3 is 10.4 Å². The summed E-state index contributed by atoms with van der Waals surface area (Å²) in [7, 11) is 0. The van der Waals surface area contributed by atoms with Crippen LogP contribution in [0.4, 0.5) is 0 Å². The van der Waals surface area contributed by atoms with Crippen LogP contribution in [0.2, 0.25) is 0 Å². The second kappa shape index (κ2) is 7.38. The van der Waals surface area contributed by atoms with Gasteiger partial charge in [0.2, 0.25) is 0 Å². The summed E-state index contributed by atoms with van der Waals surface area (Å²) in [6.07, 6.45) is -0.0263. The van der Waals surface area contributed by atoms with Crippen molar-refractivity contribution in [2.45, 2.75) is 32.3 Å². The molecule has 0 aliphatic heterocycles. The first-order valence-corrected chi connectivity index (χ1v) is 8.03. The Morgan fingerprint density at radius 1 is 1.24 bits per heavy atom. The highest BCUT2D eigenvalue weighted by Crippen LogP contribution is 2.24. The second-order valence-corrected chi connectivity index (χ2v) is 6.33. The van der Waals surface area contributed by atoms with Crippen molar-refractivity contribution in [1.82, 2.24) is 5.32 Å². The number of aliphatic hydroxyl groups excluding tert-OH is 1. The summed E-state index contributed by atoms with van der Waals surface area (Å²) in [6.45, 7) is 4.41. The fraction of sp³-hybridized carbons (Fsp3) is 0.353. The first-order valence-electron chi connectivity index (χ1n) is 7.15. The summed E-state index contributed by atoms with van der Waals surface area (Å²) in [5.74, 6) is 0.229. The van der Waals surface area contributed by atoms with E-state index < -0.39 is 6.10 Å². The van der Waals surface area contributed by atoms with Crippen LogP contribution in [-0.4, -0.2) is 23.7 Å². The molecule has 1 aromatic carbocycles. The van der Waals surface area contributed by atoms with Crippen LogP contribution in [0.25, 0.3) is 0 Å². The van der Waals surface area contributed by atoms with E-state index in [-0.39, 0.29) is 12.5 Å². The molecule has 2 aromatic rings. The van der Waals surface area contributed by atoms with Gasteiger partial charge in [0, 0.05) is 13.0 Å². The van der Waals surface area contributed by atoms with Crippen molar-refractivity contribution in [2.75, 3.05) is 6.54 Å².